The predicted octanol–water partition coefficient (Wildman–Crippen LogP) is 3.28. The van der Waals surface area contributed by atoms with E-state index in [1.54, 1.807) is 14.0 Å². The number of carbonyl (C=O) groups excluding carboxylic acids is 1. The van der Waals surface area contributed by atoms with Gasteiger partial charge in [-0.1, -0.05) is 24.3 Å². The van der Waals surface area contributed by atoms with E-state index in [1.165, 1.54) is 0 Å². The van der Waals surface area contributed by atoms with Crippen molar-refractivity contribution in [1.29, 1.82) is 0 Å². The summed E-state index contributed by atoms with van der Waals surface area (Å²) in [5.74, 6) is 0.854. The van der Waals surface area contributed by atoms with Crippen LogP contribution >= 0.6 is 0 Å². The number of rotatable bonds is 4. The van der Waals surface area contributed by atoms with Crippen LogP contribution in [-0.4, -0.2) is 26.0 Å². The minimum absolute atomic E-state index is 0.0551. The highest BCUT2D eigenvalue weighted by molar-refractivity contribution is 5.60. The Morgan fingerprint density at radius 3 is 3.00 bits per heavy atom. The molecule has 2 atom stereocenters. The number of ether oxygens (including phenoxy) is 3. The van der Waals surface area contributed by atoms with Crippen LogP contribution < -0.4 is 4.74 Å². The third kappa shape index (κ3) is 3.28. The lowest BCUT2D eigenvalue weighted by Gasteiger charge is -2.20. The van der Waals surface area contributed by atoms with E-state index < -0.39 is 6.16 Å². The van der Waals surface area contributed by atoms with Gasteiger partial charge in [0.25, 0.3) is 0 Å². The number of hydrogen-bond donors (Lipinski definition) is 0. The topological polar surface area (TPSA) is 44.8 Å². The molecule has 0 saturated carbocycles. The monoisotopic (exact) mass is 262 g/mol. The first-order valence-electron chi connectivity index (χ1n) is 6.38. The summed E-state index contributed by atoms with van der Waals surface area (Å²) in [5, 5.41) is 0. The van der Waals surface area contributed by atoms with Crippen molar-refractivity contribution >= 4 is 6.16 Å². The highest BCUT2D eigenvalue weighted by Gasteiger charge is 2.28. The first kappa shape index (κ1) is 13.5. The summed E-state index contributed by atoms with van der Waals surface area (Å²) in [6.45, 7) is 2.08. The molecule has 0 aliphatic heterocycles. The third-order valence-electron chi connectivity index (χ3n) is 3.10. The van der Waals surface area contributed by atoms with Crippen LogP contribution in [0.5, 0.6) is 5.75 Å². The zero-order valence-corrected chi connectivity index (χ0v) is 11.2. The fraction of sp³-hybridized carbons (Fsp3) is 0.400. The fourth-order valence-corrected chi connectivity index (χ4v) is 2.20. The molecule has 102 valence electrons. The normalized spacial score (nSPS) is 21.2. The molecule has 0 aromatic heterocycles. The van der Waals surface area contributed by atoms with Gasteiger partial charge in [-0.05, 0) is 24.6 Å². The highest BCUT2D eigenvalue weighted by atomic mass is 16.7. The second-order valence-corrected chi connectivity index (χ2v) is 4.31. The predicted molar refractivity (Wildman–Crippen MR) is 71.4 cm³/mol. The number of carbonyl (C=O) groups is 1. The average Bonchev–Trinajstić information content (AvgIpc) is 2.87. The van der Waals surface area contributed by atoms with Gasteiger partial charge in [-0.2, -0.15) is 0 Å². The van der Waals surface area contributed by atoms with Crippen molar-refractivity contribution in [2.75, 3.05) is 13.7 Å². The number of methoxy groups -OCH3 is 1. The van der Waals surface area contributed by atoms with Crippen LogP contribution in [0.2, 0.25) is 0 Å². The molecule has 1 aliphatic carbocycles. The molecule has 1 aliphatic rings. The summed E-state index contributed by atoms with van der Waals surface area (Å²) in [5.41, 5.74) is 1.07. The van der Waals surface area contributed by atoms with Crippen molar-refractivity contribution in [2.45, 2.75) is 25.4 Å². The molecule has 0 saturated heterocycles. The number of hydrogen-bond acceptors (Lipinski definition) is 4. The first-order chi connectivity index (χ1) is 9.24. The molecule has 4 heteroatoms. The SMILES string of the molecule is CCOC(=O)O[C@@H]1CC=C[C@H]1c1cccc(OC)c1. The van der Waals surface area contributed by atoms with E-state index in [4.69, 9.17) is 14.2 Å². The van der Waals surface area contributed by atoms with Crippen molar-refractivity contribution in [3.63, 3.8) is 0 Å². The smallest absolute Gasteiger partial charge is 0.497 e. The second-order valence-electron chi connectivity index (χ2n) is 4.31. The molecule has 0 unspecified atom stereocenters. The van der Waals surface area contributed by atoms with E-state index in [0.29, 0.717) is 13.0 Å². The van der Waals surface area contributed by atoms with Gasteiger partial charge in [-0.15, -0.1) is 0 Å². The van der Waals surface area contributed by atoms with Gasteiger partial charge in [0.05, 0.1) is 13.7 Å². The summed E-state index contributed by atoms with van der Waals surface area (Å²) in [6.07, 6.45) is 3.98. The van der Waals surface area contributed by atoms with Crippen LogP contribution in [0.3, 0.4) is 0 Å². The largest absolute Gasteiger partial charge is 0.508 e. The first-order valence-corrected chi connectivity index (χ1v) is 6.38. The van der Waals surface area contributed by atoms with Crippen molar-refractivity contribution in [3.8, 4) is 5.75 Å². The molecule has 0 bridgehead atoms. The molecule has 0 spiro atoms. The molecule has 0 radical (unpaired) electrons. The number of benzene rings is 1. The van der Waals surface area contributed by atoms with Gasteiger partial charge in [0.1, 0.15) is 11.9 Å². The second kappa shape index (κ2) is 6.27. The zero-order valence-electron chi connectivity index (χ0n) is 11.2. The Morgan fingerprint density at radius 1 is 1.42 bits per heavy atom. The van der Waals surface area contributed by atoms with Crippen molar-refractivity contribution in [1.82, 2.24) is 0 Å². The molecule has 0 heterocycles. The summed E-state index contributed by atoms with van der Waals surface area (Å²) in [4.78, 5) is 11.4. The molecule has 4 nitrogen and oxygen atoms in total. The van der Waals surface area contributed by atoms with E-state index in [9.17, 15) is 4.79 Å². The Bertz CT molecular complexity index is 467. The van der Waals surface area contributed by atoms with Crippen molar-refractivity contribution in [3.05, 3.63) is 42.0 Å². The Morgan fingerprint density at radius 2 is 2.26 bits per heavy atom. The van der Waals surface area contributed by atoms with Crippen molar-refractivity contribution in [2.24, 2.45) is 0 Å². The van der Waals surface area contributed by atoms with Crippen LogP contribution in [0, 0.1) is 0 Å². The molecule has 0 fully saturated rings. The molecular weight excluding hydrogens is 244 g/mol. The van der Waals surface area contributed by atoms with Gasteiger partial charge in [0.15, 0.2) is 0 Å². The molecule has 0 N–H and O–H groups in total. The highest BCUT2D eigenvalue weighted by Crippen LogP contribution is 2.33. The summed E-state index contributed by atoms with van der Waals surface area (Å²) >= 11 is 0. The van der Waals surface area contributed by atoms with E-state index in [1.807, 2.05) is 30.3 Å². The Hall–Kier alpha value is -1.97. The fourth-order valence-electron chi connectivity index (χ4n) is 2.20. The van der Waals surface area contributed by atoms with Gasteiger partial charge in [0.2, 0.25) is 0 Å². The quantitative estimate of drug-likeness (QED) is 0.617. The van der Waals surface area contributed by atoms with E-state index >= 15 is 0 Å². The van der Waals surface area contributed by atoms with Gasteiger partial charge >= 0.3 is 6.16 Å². The third-order valence-corrected chi connectivity index (χ3v) is 3.10. The van der Waals surface area contributed by atoms with Gasteiger partial charge in [0, 0.05) is 12.3 Å². The van der Waals surface area contributed by atoms with Crippen LogP contribution in [-0.2, 0) is 9.47 Å². The lowest BCUT2D eigenvalue weighted by atomic mass is 9.96. The van der Waals surface area contributed by atoms with E-state index in [0.717, 1.165) is 11.3 Å². The maximum atomic E-state index is 11.4. The van der Waals surface area contributed by atoms with Gasteiger partial charge in [-0.25, -0.2) is 4.79 Å². The zero-order chi connectivity index (χ0) is 13.7. The summed E-state index contributed by atoms with van der Waals surface area (Å²) in [7, 11) is 1.64. The Balaban J connectivity index is 2.09. The molecule has 19 heavy (non-hydrogen) atoms. The van der Waals surface area contributed by atoms with Crippen LogP contribution in [0.4, 0.5) is 4.79 Å². The maximum Gasteiger partial charge on any atom is 0.508 e. The molecule has 1 aromatic carbocycles. The van der Waals surface area contributed by atoms with Crippen LogP contribution in [0.15, 0.2) is 36.4 Å². The van der Waals surface area contributed by atoms with Crippen LogP contribution in [0.25, 0.3) is 0 Å². The lowest BCUT2D eigenvalue weighted by Crippen LogP contribution is -2.22. The van der Waals surface area contributed by atoms with E-state index in [2.05, 4.69) is 6.08 Å². The molecular formula is C15H18O4. The Kier molecular flexibility index (Phi) is 4.44. The van der Waals surface area contributed by atoms with Gasteiger partial charge < -0.3 is 14.2 Å². The average molecular weight is 262 g/mol. The summed E-state index contributed by atoms with van der Waals surface area (Å²) < 4.78 is 15.4. The minimum atomic E-state index is -0.607. The van der Waals surface area contributed by atoms with Crippen LogP contribution in [0.1, 0.15) is 24.8 Å². The molecule has 2 rings (SSSR count). The van der Waals surface area contributed by atoms with Crippen molar-refractivity contribution < 1.29 is 19.0 Å². The Labute approximate surface area is 113 Å². The maximum absolute atomic E-state index is 11.4. The minimum Gasteiger partial charge on any atom is -0.497 e. The lowest BCUT2D eigenvalue weighted by molar-refractivity contribution is 0.0253. The summed E-state index contributed by atoms with van der Waals surface area (Å²) in [6, 6.07) is 7.79. The molecule has 0 amide bonds. The standard InChI is InChI=1S/C15H18O4/c1-3-18-15(16)19-14-9-5-8-13(14)11-6-4-7-12(10-11)17-2/h4-8,10,13-14H,3,9H2,1-2H3/t13-,14+/m0/s1. The van der Waals surface area contributed by atoms with E-state index in [-0.39, 0.29) is 12.0 Å². The molecule has 1 aromatic rings. The van der Waals surface area contributed by atoms with Gasteiger partial charge in [-0.3, -0.25) is 0 Å².